The Hall–Kier alpha value is -0.0800. The van der Waals surface area contributed by atoms with Crippen LogP contribution in [0.1, 0.15) is 64.7 Å². The molecule has 2 aliphatic rings. The fraction of sp³-hybridized carbons (Fsp3) is 1.00. The largest absolute Gasteiger partial charge is 0.392 e. The van der Waals surface area contributed by atoms with Gasteiger partial charge in [0, 0.05) is 6.54 Å². The van der Waals surface area contributed by atoms with Crippen molar-refractivity contribution in [3.05, 3.63) is 0 Å². The third-order valence-electron chi connectivity index (χ3n) is 4.92. The maximum absolute atomic E-state index is 9.86. The molecule has 2 fully saturated rings. The molecule has 0 aromatic carbocycles. The fourth-order valence-electron chi connectivity index (χ4n) is 3.73. The SMILES string of the molecule is CCCC(O)CN1CCC2(CCCCC2)CC1. The van der Waals surface area contributed by atoms with Gasteiger partial charge in [0.05, 0.1) is 6.10 Å². The molecule has 1 heterocycles. The summed E-state index contributed by atoms with van der Waals surface area (Å²) in [5, 5.41) is 9.86. The first-order valence-corrected chi connectivity index (χ1v) is 7.64. The Morgan fingerprint density at radius 2 is 1.71 bits per heavy atom. The minimum Gasteiger partial charge on any atom is -0.392 e. The summed E-state index contributed by atoms with van der Waals surface area (Å²) in [7, 11) is 0. The highest BCUT2D eigenvalue weighted by atomic mass is 16.3. The third kappa shape index (κ3) is 3.69. The standard InChI is InChI=1S/C15H29NO/c1-2-6-14(17)13-16-11-9-15(10-12-16)7-4-3-5-8-15/h14,17H,2-13H2,1H3. The van der Waals surface area contributed by atoms with E-state index in [1.807, 2.05) is 0 Å². The number of rotatable bonds is 4. The van der Waals surface area contributed by atoms with Gasteiger partial charge in [0.25, 0.3) is 0 Å². The van der Waals surface area contributed by atoms with Crippen molar-refractivity contribution < 1.29 is 5.11 Å². The normalized spacial score (nSPS) is 27.2. The van der Waals surface area contributed by atoms with E-state index in [1.54, 1.807) is 0 Å². The Bertz CT molecular complexity index is 213. The van der Waals surface area contributed by atoms with E-state index in [1.165, 1.54) is 58.0 Å². The van der Waals surface area contributed by atoms with E-state index in [2.05, 4.69) is 11.8 Å². The molecule has 1 aliphatic carbocycles. The molecule has 1 N–H and O–H groups in total. The second-order valence-corrected chi connectivity index (χ2v) is 6.30. The molecule has 2 heteroatoms. The highest BCUT2D eigenvalue weighted by molar-refractivity contribution is 4.88. The van der Waals surface area contributed by atoms with Crippen LogP contribution in [0.25, 0.3) is 0 Å². The van der Waals surface area contributed by atoms with Crippen LogP contribution in [0.15, 0.2) is 0 Å². The minimum atomic E-state index is -0.0968. The third-order valence-corrected chi connectivity index (χ3v) is 4.92. The highest BCUT2D eigenvalue weighted by Gasteiger charge is 2.35. The molecule has 0 radical (unpaired) electrons. The zero-order valence-electron chi connectivity index (χ0n) is 11.5. The molecule has 0 aromatic rings. The molecule has 1 aliphatic heterocycles. The van der Waals surface area contributed by atoms with Gasteiger partial charge in [-0.15, -0.1) is 0 Å². The zero-order valence-corrected chi connectivity index (χ0v) is 11.5. The molecule has 2 nitrogen and oxygen atoms in total. The number of piperidine rings is 1. The van der Waals surface area contributed by atoms with Crippen LogP contribution in [0.4, 0.5) is 0 Å². The average molecular weight is 239 g/mol. The Morgan fingerprint density at radius 3 is 2.29 bits per heavy atom. The van der Waals surface area contributed by atoms with E-state index < -0.39 is 0 Å². The van der Waals surface area contributed by atoms with Crippen molar-refractivity contribution in [2.45, 2.75) is 70.8 Å². The van der Waals surface area contributed by atoms with E-state index in [0.717, 1.165) is 19.4 Å². The Kier molecular flexibility index (Phi) is 4.87. The van der Waals surface area contributed by atoms with Crippen molar-refractivity contribution >= 4 is 0 Å². The van der Waals surface area contributed by atoms with Gasteiger partial charge in [-0.2, -0.15) is 0 Å². The molecule has 0 bridgehead atoms. The van der Waals surface area contributed by atoms with Crippen LogP contribution in [-0.2, 0) is 0 Å². The zero-order chi connectivity index (χ0) is 12.1. The van der Waals surface area contributed by atoms with Crippen molar-refractivity contribution in [2.24, 2.45) is 5.41 Å². The van der Waals surface area contributed by atoms with Crippen molar-refractivity contribution in [1.82, 2.24) is 4.90 Å². The predicted octanol–water partition coefficient (Wildman–Crippen LogP) is 3.19. The number of likely N-dealkylation sites (tertiary alicyclic amines) is 1. The number of hydrogen-bond donors (Lipinski definition) is 1. The monoisotopic (exact) mass is 239 g/mol. The van der Waals surface area contributed by atoms with Crippen LogP contribution >= 0.6 is 0 Å². The summed E-state index contributed by atoms with van der Waals surface area (Å²) in [6.45, 7) is 5.50. The molecule has 1 saturated carbocycles. The number of aliphatic hydroxyl groups excluding tert-OH is 1. The van der Waals surface area contributed by atoms with Crippen molar-refractivity contribution in [3.8, 4) is 0 Å². The van der Waals surface area contributed by atoms with Crippen LogP contribution in [0.3, 0.4) is 0 Å². The van der Waals surface area contributed by atoms with Gasteiger partial charge in [0.15, 0.2) is 0 Å². The molecule has 17 heavy (non-hydrogen) atoms. The molecule has 1 atom stereocenters. The van der Waals surface area contributed by atoms with E-state index in [4.69, 9.17) is 0 Å². The first-order chi connectivity index (χ1) is 8.24. The molecule has 2 rings (SSSR count). The van der Waals surface area contributed by atoms with Gasteiger partial charge in [0.2, 0.25) is 0 Å². The van der Waals surface area contributed by atoms with Gasteiger partial charge in [-0.25, -0.2) is 0 Å². The van der Waals surface area contributed by atoms with Gasteiger partial charge >= 0.3 is 0 Å². The fourth-order valence-corrected chi connectivity index (χ4v) is 3.73. The van der Waals surface area contributed by atoms with Crippen molar-refractivity contribution in [3.63, 3.8) is 0 Å². The molecule has 1 spiro atoms. The lowest BCUT2D eigenvalue weighted by Gasteiger charge is -2.44. The smallest absolute Gasteiger partial charge is 0.0667 e. The van der Waals surface area contributed by atoms with E-state index >= 15 is 0 Å². The van der Waals surface area contributed by atoms with Crippen LogP contribution in [0.5, 0.6) is 0 Å². The molecule has 1 saturated heterocycles. The van der Waals surface area contributed by atoms with E-state index in [0.29, 0.717) is 5.41 Å². The van der Waals surface area contributed by atoms with Crippen molar-refractivity contribution in [2.75, 3.05) is 19.6 Å². The van der Waals surface area contributed by atoms with Crippen LogP contribution in [-0.4, -0.2) is 35.7 Å². The number of aliphatic hydroxyl groups is 1. The number of nitrogens with zero attached hydrogens (tertiary/aromatic N) is 1. The maximum Gasteiger partial charge on any atom is 0.0667 e. The van der Waals surface area contributed by atoms with Gasteiger partial charge in [-0.05, 0) is 50.6 Å². The summed E-state index contributed by atoms with van der Waals surface area (Å²) >= 11 is 0. The van der Waals surface area contributed by atoms with Crippen LogP contribution < -0.4 is 0 Å². The van der Waals surface area contributed by atoms with Crippen molar-refractivity contribution in [1.29, 1.82) is 0 Å². The number of hydrogen-bond acceptors (Lipinski definition) is 2. The first-order valence-electron chi connectivity index (χ1n) is 7.64. The number of β-amino-alcohol motifs (C(OH)–C–C–N with tert-alkyl or cyclic N) is 1. The quantitative estimate of drug-likeness (QED) is 0.814. The molecule has 100 valence electrons. The summed E-state index contributed by atoms with van der Waals surface area (Å²) in [5.74, 6) is 0. The summed E-state index contributed by atoms with van der Waals surface area (Å²) in [4.78, 5) is 2.49. The Labute approximate surface area is 106 Å². The van der Waals surface area contributed by atoms with Crippen LogP contribution in [0, 0.1) is 5.41 Å². The second kappa shape index (κ2) is 6.19. The topological polar surface area (TPSA) is 23.5 Å². The summed E-state index contributed by atoms with van der Waals surface area (Å²) in [6, 6.07) is 0. The molecular formula is C15H29NO. The Balaban J connectivity index is 1.73. The summed E-state index contributed by atoms with van der Waals surface area (Å²) in [6.07, 6.45) is 12.0. The van der Waals surface area contributed by atoms with Gasteiger partial charge in [-0.3, -0.25) is 0 Å². The lowest BCUT2D eigenvalue weighted by molar-refractivity contribution is 0.0360. The highest BCUT2D eigenvalue weighted by Crippen LogP contribution is 2.44. The summed E-state index contributed by atoms with van der Waals surface area (Å²) in [5.41, 5.74) is 0.699. The minimum absolute atomic E-state index is 0.0968. The average Bonchev–Trinajstić information content (AvgIpc) is 2.34. The van der Waals surface area contributed by atoms with Gasteiger partial charge < -0.3 is 10.0 Å². The van der Waals surface area contributed by atoms with Gasteiger partial charge in [0.1, 0.15) is 0 Å². The van der Waals surface area contributed by atoms with Crippen LogP contribution in [0.2, 0.25) is 0 Å². The van der Waals surface area contributed by atoms with Gasteiger partial charge in [-0.1, -0.05) is 32.6 Å². The lowest BCUT2D eigenvalue weighted by Crippen LogP contribution is -2.43. The molecule has 0 amide bonds. The first kappa shape index (κ1) is 13.4. The molecule has 1 unspecified atom stereocenters. The Morgan fingerprint density at radius 1 is 1.06 bits per heavy atom. The van der Waals surface area contributed by atoms with E-state index in [9.17, 15) is 5.11 Å². The maximum atomic E-state index is 9.86. The second-order valence-electron chi connectivity index (χ2n) is 6.30. The summed E-state index contributed by atoms with van der Waals surface area (Å²) < 4.78 is 0. The van der Waals surface area contributed by atoms with E-state index in [-0.39, 0.29) is 6.10 Å². The molecular weight excluding hydrogens is 210 g/mol. The molecule has 0 aromatic heterocycles. The lowest BCUT2D eigenvalue weighted by atomic mass is 9.68. The predicted molar refractivity (Wildman–Crippen MR) is 72.1 cm³/mol.